The Morgan fingerprint density at radius 2 is 1.84 bits per heavy atom. The smallest absolute Gasteiger partial charge is 0.376 e. The highest BCUT2D eigenvalue weighted by Gasteiger charge is 2.53. The Kier molecular flexibility index (Phi) is 7.69. The van der Waals surface area contributed by atoms with Crippen molar-refractivity contribution in [2.75, 3.05) is 12.8 Å². The van der Waals surface area contributed by atoms with E-state index in [4.69, 9.17) is 11.6 Å². The highest BCUT2D eigenvalue weighted by Crippen LogP contribution is 2.44. The van der Waals surface area contributed by atoms with Crippen LogP contribution in [0, 0.1) is 0 Å². The molecular weight excluding hydrogens is 545 g/mol. The number of nitrogens with zero attached hydrogens (tertiary/aromatic N) is 1. The van der Waals surface area contributed by atoms with Crippen molar-refractivity contribution < 1.29 is 26.7 Å². The van der Waals surface area contributed by atoms with E-state index in [1.54, 1.807) is 24.3 Å². The molecule has 2 aromatic heterocycles. The van der Waals surface area contributed by atoms with Gasteiger partial charge in [0.05, 0.1) is 11.9 Å². The third kappa shape index (κ3) is 5.68. The molecule has 0 amide bonds. The Hall–Kier alpha value is -2.50. The van der Waals surface area contributed by atoms with Crippen molar-refractivity contribution in [2.45, 2.75) is 31.0 Å². The molecule has 0 spiro atoms. The summed E-state index contributed by atoms with van der Waals surface area (Å²) in [6, 6.07) is 16.9. The lowest BCUT2D eigenvalue weighted by Crippen LogP contribution is -2.41. The first-order valence-electron chi connectivity index (χ1n) is 11.3. The number of halogens is 4. The first-order valence-corrected chi connectivity index (χ1v) is 14.4. The molecule has 0 saturated heterocycles. The van der Waals surface area contributed by atoms with Crippen molar-refractivity contribution in [3.8, 4) is 11.3 Å². The van der Waals surface area contributed by atoms with Crippen LogP contribution in [0.2, 0.25) is 5.02 Å². The van der Waals surface area contributed by atoms with E-state index in [0.29, 0.717) is 10.6 Å². The highest BCUT2D eigenvalue weighted by atomic mass is 35.5. The topological polar surface area (TPSA) is 79.3 Å². The quantitative estimate of drug-likeness (QED) is 0.256. The number of hydrogen-bond acceptors (Lipinski definition) is 5. The third-order valence-electron chi connectivity index (χ3n) is 6.23. The second kappa shape index (κ2) is 10.3. The number of rotatable bonds is 8. The summed E-state index contributed by atoms with van der Waals surface area (Å²) in [5.41, 5.74) is -1.65. The number of hydrogen-bond donors (Lipinski definition) is 2. The lowest BCUT2D eigenvalue weighted by Gasteiger charge is -2.30. The summed E-state index contributed by atoms with van der Waals surface area (Å²) in [6.07, 6.45) is -3.05. The molecule has 0 aliphatic heterocycles. The van der Waals surface area contributed by atoms with Crippen molar-refractivity contribution in [2.24, 2.45) is 0 Å². The van der Waals surface area contributed by atoms with Crippen molar-refractivity contribution in [1.29, 1.82) is 0 Å². The zero-order valence-electron chi connectivity index (χ0n) is 19.9. The summed E-state index contributed by atoms with van der Waals surface area (Å²) in [5.74, 6) is -0.400. The molecule has 37 heavy (non-hydrogen) atoms. The Balaban J connectivity index is 1.84. The molecule has 5 nitrogen and oxygen atoms in total. The highest BCUT2D eigenvalue weighted by molar-refractivity contribution is 7.88. The van der Waals surface area contributed by atoms with E-state index in [0.717, 1.165) is 26.8 Å². The Morgan fingerprint density at radius 1 is 1.11 bits per heavy atom. The van der Waals surface area contributed by atoms with Crippen molar-refractivity contribution >= 4 is 43.0 Å². The van der Waals surface area contributed by atoms with Crippen molar-refractivity contribution in [3.05, 3.63) is 87.9 Å². The van der Waals surface area contributed by atoms with Crippen LogP contribution in [0.3, 0.4) is 0 Å². The van der Waals surface area contributed by atoms with Gasteiger partial charge in [-0.25, -0.2) is 13.1 Å². The molecule has 4 aromatic rings. The van der Waals surface area contributed by atoms with Gasteiger partial charge in [-0.05, 0) is 47.2 Å². The van der Waals surface area contributed by atoms with E-state index in [1.165, 1.54) is 36.6 Å². The molecule has 196 valence electrons. The molecule has 0 fully saturated rings. The predicted molar refractivity (Wildman–Crippen MR) is 141 cm³/mol. The van der Waals surface area contributed by atoms with Gasteiger partial charge in [-0.15, -0.1) is 11.3 Å². The number of aromatic nitrogens is 1. The zero-order valence-corrected chi connectivity index (χ0v) is 22.3. The standard InChI is InChI=1S/C26H24ClF3N2O3S2/c1-3-25(33,26(28,29)30)17-11-12-31-22(14-17)19-9-6-7-16-13-23(36-24(16)19)20(15-32-37(2,34)35)18-8-4-5-10-21(18)27/h4-14,20,32-33H,3,15H2,1-2H3. The van der Waals surface area contributed by atoms with E-state index in [2.05, 4.69) is 9.71 Å². The minimum Gasteiger partial charge on any atom is -0.376 e. The van der Waals surface area contributed by atoms with Crippen LogP contribution in [0.25, 0.3) is 21.3 Å². The number of alkyl halides is 3. The first-order chi connectivity index (χ1) is 17.3. The normalized spacial score (nSPS) is 15.0. The zero-order chi connectivity index (χ0) is 27.0. The number of benzene rings is 2. The number of nitrogens with one attached hydrogen (secondary N) is 1. The molecule has 2 N–H and O–H groups in total. The van der Waals surface area contributed by atoms with Gasteiger partial charge in [-0.3, -0.25) is 4.98 Å². The van der Waals surface area contributed by atoms with Crippen LogP contribution < -0.4 is 4.72 Å². The van der Waals surface area contributed by atoms with Gasteiger partial charge in [-0.2, -0.15) is 13.2 Å². The molecule has 0 aliphatic rings. The molecule has 2 aromatic carbocycles. The van der Waals surface area contributed by atoms with E-state index in [9.17, 15) is 26.7 Å². The SMILES string of the molecule is CCC(O)(c1ccnc(-c2cccc3cc(C(CNS(C)(=O)=O)c4ccccc4Cl)sc23)c1)C(F)(F)F. The van der Waals surface area contributed by atoms with Gasteiger partial charge < -0.3 is 5.11 Å². The Morgan fingerprint density at radius 3 is 2.49 bits per heavy atom. The van der Waals surface area contributed by atoms with Gasteiger partial charge in [0.25, 0.3) is 0 Å². The van der Waals surface area contributed by atoms with Crippen LogP contribution in [0.4, 0.5) is 13.2 Å². The van der Waals surface area contributed by atoms with Gasteiger partial charge in [0.15, 0.2) is 5.60 Å². The number of pyridine rings is 1. The fourth-order valence-electron chi connectivity index (χ4n) is 4.22. The van der Waals surface area contributed by atoms with Crippen LogP contribution in [0.5, 0.6) is 0 Å². The van der Waals surface area contributed by atoms with Gasteiger partial charge in [0, 0.05) is 38.8 Å². The number of thiophene rings is 1. The summed E-state index contributed by atoms with van der Waals surface area (Å²) in [7, 11) is -3.48. The van der Waals surface area contributed by atoms with E-state index in [1.807, 2.05) is 24.3 Å². The summed E-state index contributed by atoms with van der Waals surface area (Å²) >= 11 is 7.84. The van der Waals surface area contributed by atoms with Crippen molar-refractivity contribution in [3.63, 3.8) is 0 Å². The van der Waals surface area contributed by atoms with E-state index < -0.39 is 34.1 Å². The fourth-order valence-corrected chi connectivity index (χ4v) is 6.25. The number of aliphatic hydroxyl groups is 1. The number of sulfonamides is 1. The summed E-state index contributed by atoms with van der Waals surface area (Å²) in [6.45, 7) is 1.35. The fraction of sp³-hybridized carbons (Fsp3) is 0.269. The second-order valence-corrected chi connectivity index (χ2v) is 12.0. The van der Waals surface area contributed by atoms with Crippen LogP contribution in [-0.4, -0.2) is 37.5 Å². The van der Waals surface area contributed by atoms with Crippen LogP contribution in [-0.2, 0) is 15.6 Å². The van der Waals surface area contributed by atoms with Crippen LogP contribution in [0.15, 0.2) is 66.9 Å². The van der Waals surface area contributed by atoms with Gasteiger partial charge in [0.1, 0.15) is 0 Å². The number of fused-ring (bicyclic) bond motifs is 1. The molecule has 0 bridgehead atoms. The van der Waals surface area contributed by atoms with Gasteiger partial charge >= 0.3 is 6.18 Å². The second-order valence-electron chi connectivity index (χ2n) is 8.71. The monoisotopic (exact) mass is 568 g/mol. The van der Waals surface area contributed by atoms with Crippen LogP contribution >= 0.6 is 22.9 Å². The molecule has 2 heterocycles. The lowest BCUT2D eigenvalue weighted by atomic mass is 9.90. The Bertz CT molecular complexity index is 1540. The average molecular weight is 569 g/mol. The maximum Gasteiger partial charge on any atom is 0.421 e. The Labute approximate surface area is 222 Å². The maximum atomic E-state index is 13.7. The average Bonchev–Trinajstić information content (AvgIpc) is 3.27. The molecule has 0 saturated carbocycles. The molecule has 2 unspecified atom stereocenters. The molecule has 4 rings (SSSR count). The maximum absolute atomic E-state index is 13.7. The first kappa shape index (κ1) is 27.5. The summed E-state index contributed by atoms with van der Waals surface area (Å²) < 4.78 is 68.1. The summed E-state index contributed by atoms with van der Waals surface area (Å²) in [4.78, 5) is 5.12. The molecule has 11 heteroatoms. The molecule has 2 atom stereocenters. The minimum atomic E-state index is -4.85. The molecule has 0 aliphatic carbocycles. The van der Waals surface area contributed by atoms with Crippen LogP contribution in [0.1, 0.15) is 35.3 Å². The minimum absolute atomic E-state index is 0.0770. The largest absolute Gasteiger partial charge is 0.421 e. The molecular formula is C26H24ClF3N2O3S2. The van der Waals surface area contributed by atoms with E-state index >= 15 is 0 Å². The predicted octanol–water partition coefficient (Wildman–Crippen LogP) is 6.46. The molecule has 0 radical (unpaired) electrons. The van der Waals surface area contributed by atoms with E-state index in [-0.39, 0.29) is 17.8 Å². The van der Waals surface area contributed by atoms with Gasteiger partial charge in [-0.1, -0.05) is 54.9 Å². The summed E-state index contributed by atoms with van der Waals surface area (Å²) in [5, 5.41) is 11.8. The lowest BCUT2D eigenvalue weighted by molar-refractivity contribution is -0.267. The third-order valence-corrected chi connectivity index (χ3v) is 8.56. The van der Waals surface area contributed by atoms with Gasteiger partial charge in [0.2, 0.25) is 10.0 Å². The van der Waals surface area contributed by atoms with Crippen molar-refractivity contribution in [1.82, 2.24) is 9.71 Å².